The number of nitriles is 2. The molecule has 9 nitrogen and oxygen atoms in total. The molecule has 1 atom stereocenters. The molecular formula is C16H12BrIN8O. The molecule has 0 aliphatic carbocycles. The average Bonchev–Trinajstić information content (AvgIpc) is 2.63. The number of rotatable bonds is 2. The molecule has 0 amide bonds. The number of nitrogens with one attached hydrogen (secondary N) is 2. The average molecular weight is 539 g/mol. The van der Waals surface area contributed by atoms with Crippen molar-refractivity contribution in [3.8, 4) is 18.0 Å². The maximum Gasteiger partial charge on any atom is 0.211 e. The largest absolute Gasteiger partial charge is 0.496 e. The molecule has 0 saturated carbocycles. The molecule has 3 rings (SSSR count). The lowest BCUT2D eigenvalue weighted by molar-refractivity contribution is 0.411. The number of fused-ring (bicyclic) bond motifs is 1. The van der Waals surface area contributed by atoms with Crippen molar-refractivity contribution in [2.75, 3.05) is 23.9 Å². The van der Waals surface area contributed by atoms with E-state index in [1.54, 1.807) is 7.11 Å². The Labute approximate surface area is 176 Å². The molecule has 2 heterocycles. The van der Waals surface area contributed by atoms with Crippen molar-refractivity contribution in [3.05, 3.63) is 36.9 Å². The number of nitrogens with zero attached hydrogens (tertiary/aromatic N) is 4. The quantitative estimate of drug-likeness (QED) is 0.258. The number of guanidine groups is 1. The first-order chi connectivity index (χ1) is 12.9. The monoisotopic (exact) mass is 538 g/mol. The van der Waals surface area contributed by atoms with E-state index >= 15 is 0 Å². The molecule has 0 radical (unpaired) electrons. The standard InChI is InChI=1S/C16H12BrIN8O/c1-27-10-3-8(17)6(2-9(10)18)13-11-12(21)7(4-19)14(22)25-15(11)26-16(24-13)23-5-20/h2-3,13H,1H3,(H6,21,22,23,24,25,26). The summed E-state index contributed by atoms with van der Waals surface area (Å²) >= 11 is 5.69. The predicted molar refractivity (Wildman–Crippen MR) is 113 cm³/mol. The van der Waals surface area contributed by atoms with Crippen LogP contribution in [0.1, 0.15) is 22.7 Å². The van der Waals surface area contributed by atoms with Crippen molar-refractivity contribution < 1.29 is 4.74 Å². The number of benzene rings is 1. The summed E-state index contributed by atoms with van der Waals surface area (Å²) < 4.78 is 6.93. The molecule has 0 spiro atoms. The number of aliphatic imine (C=N–C) groups is 1. The fraction of sp³-hybridized carbons (Fsp3) is 0.125. The van der Waals surface area contributed by atoms with Gasteiger partial charge in [0.25, 0.3) is 0 Å². The van der Waals surface area contributed by atoms with Gasteiger partial charge in [0.15, 0.2) is 6.19 Å². The summed E-state index contributed by atoms with van der Waals surface area (Å²) in [6.45, 7) is 0. The van der Waals surface area contributed by atoms with E-state index in [9.17, 15) is 5.26 Å². The normalized spacial score (nSPS) is 14.9. The van der Waals surface area contributed by atoms with Crippen molar-refractivity contribution in [1.82, 2.24) is 10.3 Å². The Morgan fingerprint density at radius 3 is 2.74 bits per heavy atom. The zero-order valence-corrected chi connectivity index (χ0v) is 17.6. The highest BCUT2D eigenvalue weighted by atomic mass is 127. The smallest absolute Gasteiger partial charge is 0.211 e. The van der Waals surface area contributed by atoms with E-state index < -0.39 is 6.04 Å². The van der Waals surface area contributed by atoms with E-state index in [0.29, 0.717) is 17.1 Å². The number of methoxy groups -OCH3 is 1. The van der Waals surface area contributed by atoms with Crippen LogP contribution in [0.15, 0.2) is 21.6 Å². The van der Waals surface area contributed by atoms with Crippen molar-refractivity contribution in [3.63, 3.8) is 0 Å². The number of nitrogen functional groups attached to an aromatic ring is 2. The number of halogens is 2. The van der Waals surface area contributed by atoms with E-state index in [1.165, 1.54) is 0 Å². The summed E-state index contributed by atoms with van der Waals surface area (Å²) in [5.41, 5.74) is 13.6. The second-order valence-electron chi connectivity index (χ2n) is 5.41. The molecule has 1 aromatic carbocycles. The molecule has 1 unspecified atom stereocenters. The molecule has 0 fully saturated rings. The number of pyridine rings is 1. The first-order valence-corrected chi connectivity index (χ1v) is 9.30. The lowest BCUT2D eigenvalue weighted by Crippen LogP contribution is -2.32. The van der Waals surface area contributed by atoms with E-state index in [0.717, 1.165) is 13.6 Å². The highest BCUT2D eigenvalue weighted by Crippen LogP contribution is 2.44. The number of anilines is 3. The summed E-state index contributed by atoms with van der Waals surface area (Å²) in [6, 6.07) is 5.06. The minimum absolute atomic E-state index is 0.00147. The zero-order valence-electron chi connectivity index (χ0n) is 13.8. The molecular weight excluding hydrogens is 527 g/mol. The molecule has 0 saturated heterocycles. The van der Waals surface area contributed by atoms with Gasteiger partial charge >= 0.3 is 0 Å². The molecule has 11 heteroatoms. The third-order valence-electron chi connectivity index (χ3n) is 3.92. The van der Waals surface area contributed by atoms with Crippen molar-refractivity contribution in [2.45, 2.75) is 6.04 Å². The van der Waals surface area contributed by atoms with Gasteiger partial charge in [-0.2, -0.15) is 10.5 Å². The van der Waals surface area contributed by atoms with Crippen LogP contribution >= 0.6 is 38.5 Å². The molecule has 1 aromatic heterocycles. The van der Waals surface area contributed by atoms with Crippen LogP contribution < -0.4 is 26.8 Å². The highest BCUT2D eigenvalue weighted by molar-refractivity contribution is 14.1. The summed E-state index contributed by atoms with van der Waals surface area (Å²) in [5, 5.41) is 23.7. The fourth-order valence-electron chi connectivity index (χ4n) is 2.72. The predicted octanol–water partition coefficient (Wildman–Crippen LogP) is 2.43. The molecule has 136 valence electrons. The minimum atomic E-state index is -0.619. The van der Waals surface area contributed by atoms with E-state index in [2.05, 4.69) is 59.1 Å². The maximum absolute atomic E-state index is 9.37. The number of nitrogens with two attached hydrogens (primary N) is 2. The van der Waals surface area contributed by atoms with Crippen molar-refractivity contribution in [1.29, 1.82) is 10.5 Å². The van der Waals surface area contributed by atoms with Crippen LogP contribution in [0.25, 0.3) is 0 Å². The number of hydrogen-bond acceptors (Lipinski definition) is 9. The van der Waals surface area contributed by atoms with Gasteiger partial charge < -0.3 is 21.5 Å². The third kappa shape index (κ3) is 3.31. The Morgan fingerprint density at radius 2 is 2.11 bits per heavy atom. The number of ether oxygens (including phenoxy) is 1. The summed E-state index contributed by atoms with van der Waals surface area (Å²) in [5.74, 6) is 1.23. The van der Waals surface area contributed by atoms with Gasteiger partial charge in [-0.05, 0) is 40.3 Å². The highest BCUT2D eigenvalue weighted by Gasteiger charge is 2.31. The van der Waals surface area contributed by atoms with Gasteiger partial charge in [-0.15, -0.1) is 0 Å². The Balaban J connectivity index is 2.29. The fourth-order valence-corrected chi connectivity index (χ4v) is 3.97. The Bertz CT molecular complexity index is 1060. The van der Waals surface area contributed by atoms with Gasteiger partial charge in [0.1, 0.15) is 35.1 Å². The topological polar surface area (TPSA) is 158 Å². The molecule has 27 heavy (non-hydrogen) atoms. The van der Waals surface area contributed by atoms with Crippen LogP contribution in [-0.4, -0.2) is 18.1 Å². The van der Waals surface area contributed by atoms with E-state index in [4.69, 9.17) is 21.5 Å². The summed E-state index contributed by atoms with van der Waals surface area (Å²) in [6.07, 6.45) is 1.82. The van der Waals surface area contributed by atoms with Crippen LogP contribution in [0.4, 0.5) is 17.3 Å². The van der Waals surface area contributed by atoms with E-state index in [-0.39, 0.29) is 23.0 Å². The molecule has 1 aliphatic rings. The van der Waals surface area contributed by atoms with Gasteiger partial charge in [-0.3, -0.25) is 5.32 Å². The van der Waals surface area contributed by atoms with Crippen LogP contribution in [-0.2, 0) is 0 Å². The number of aromatic nitrogens is 1. The van der Waals surface area contributed by atoms with Gasteiger partial charge in [-0.1, -0.05) is 15.9 Å². The molecule has 1 aliphatic heterocycles. The van der Waals surface area contributed by atoms with Gasteiger partial charge in [-0.25, -0.2) is 9.98 Å². The minimum Gasteiger partial charge on any atom is -0.496 e. The third-order valence-corrected chi connectivity index (χ3v) is 5.45. The lowest BCUT2D eigenvalue weighted by atomic mass is 9.95. The van der Waals surface area contributed by atoms with Crippen molar-refractivity contribution in [2.24, 2.45) is 4.99 Å². The molecule has 0 bridgehead atoms. The van der Waals surface area contributed by atoms with Crippen LogP contribution in [0.2, 0.25) is 0 Å². The van der Waals surface area contributed by atoms with Gasteiger partial charge in [0, 0.05) is 10.0 Å². The van der Waals surface area contributed by atoms with Crippen LogP contribution in [0.3, 0.4) is 0 Å². The second kappa shape index (κ2) is 7.46. The SMILES string of the molecule is COc1cc(Br)c(C2N=C(NC#N)Nc3nc(N)c(C#N)c(N)c32)cc1I. The van der Waals surface area contributed by atoms with Gasteiger partial charge in [0.2, 0.25) is 5.96 Å². The van der Waals surface area contributed by atoms with Crippen LogP contribution in [0, 0.1) is 26.4 Å². The van der Waals surface area contributed by atoms with Crippen LogP contribution in [0.5, 0.6) is 5.75 Å². The number of hydrogen-bond donors (Lipinski definition) is 4. The Morgan fingerprint density at radius 1 is 1.37 bits per heavy atom. The summed E-state index contributed by atoms with van der Waals surface area (Å²) in [4.78, 5) is 8.77. The van der Waals surface area contributed by atoms with Crippen molar-refractivity contribution >= 4 is 61.8 Å². The van der Waals surface area contributed by atoms with Gasteiger partial charge in [0.05, 0.1) is 16.4 Å². The molecule has 6 N–H and O–H groups in total. The Kier molecular flexibility index (Phi) is 5.25. The zero-order chi connectivity index (χ0) is 19.7. The Hall–Kier alpha value is -2.77. The second-order valence-corrected chi connectivity index (χ2v) is 7.43. The summed E-state index contributed by atoms with van der Waals surface area (Å²) in [7, 11) is 1.58. The van der Waals surface area contributed by atoms with E-state index in [1.807, 2.05) is 24.4 Å². The maximum atomic E-state index is 9.37. The first kappa shape index (κ1) is 19.0. The first-order valence-electron chi connectivity index (χ1n) is 7.43. The molecule has 2 aromatic rings. The lowest BCUT2D eigenvalue weighted by Gasteiger charge is -2.27.